The number of rotatable bonds is 5. The summed E-state index contributed by atoms with van der Waals surface area (Å²) < 4.78 is 18.7. The van der Waals surface area contributed by atoms with Crippen LogP contribution in [-0.4, -0.2) is 49.1 Å². The van der Waals surface area contributed by atoms with Crippen LogP contribution in [-0.2, 0) is 17.8 Å². The number of benzene rings is 2. The fourth-order valence-corrected chi connectivity index (χ4v) is 3.49. The number of nitrogens with one attached hydrogen (secondary N) is 2. The number of ether oxygens (including phenoxy) is 1. The molecule has 1 saturated heterocycles. The smallest absolute Gasteiger partial charge is 0.254 e. The lowest BCUT2D eigenvalue weighted by atomic mass is 10.1. The summed E-state index contributed by atoms with van der Waals surface area (Å²) in [7, 11) is 1.70. The number of guanidine groups is 1. The fraction of sp³-hybridized carbons (Fsp3) is 0.391. The molecular weight excluding hydrogens is 510 g/mol. The zero-order valence-corrected chi connectivity index (χ0v) is 20.4. The molecule has 168 valence electrons. The van der Waals surface area contributed by atoms with Gasteiger partial charge in [-0.15, -0.1) is 24.0 Å². The molecule has 0 bridgehead atoms. The summed E-state index contributed by atoms with van der Waals surface area (Å²) in [4.78, 5) is 18.8. The van der Waals surface area contributed by atoms with E-state index in [1.807, 2.05) is 43.0 Å². The van der Waals surface area contributed by atoms with E-state index in [0.29, 0.717) is 37.7 Å². The van der Waals surface area contributed by atoms with Gasteiger partial charge in [-0.05, 0) is 49.2 Å². The Morgan fingerprint density at radius 2 is 1.48 bits per heavy atom. The molecule has 1 aliphatic heterocycles. The molecule has 2 aromatic carbocycles. The van der Waals surface area contributed by atoms with E-state index >= 15 is 0 Å². The van der Waals surface area contributed by atoms with Gasteiger partial charge < -0.3 is 20.3 Å². The van der Waals surface area contributed by atoms with Crippen molar-refractivity contribution in [1.82, 2.24) is 15.5 Å². The van der Waals surface area contributed by atoms with Crippen molar-refractivity contribution in [3.05, 3.63) is 71.0 Å². The van der Waals surface area contributed by atoms with Gasteiger partial charge in [0, 0.05) is 38.8 Å². The molecule has 0 aromatic heterocycles. The lowest BCUT2D eigenvalue weighted by Crippen LogP contribution is -2.48. The summed E-state index contributed by atoms with van der Waals surface area (Å²) in [5, 5.41) is 6.44. The number of amides is 1. The Labute approximate surface area is 200 Å². The Balaban J connectivity index is 0.00000341. The van der Waals surface area contributed by atoms with Gasteiger partial charge in [-0.3, -0.25) is 9.79 Å². The normalized spacial score (nSPS) is 18.8. The van der Waals surface area contributed by atoms with Crippen LogP contribution >= 0.6 is 24.0 Å². The van der Waals surface area contributed by atoms with Crippen molar-refractivity contribution in [2.75, 3.05) is 20.1 Å². The molecule has 1 fully saturated rings. The number of hydrogen-bond donors (Lipinski definition) is 2. The predicted molar refractivity (Wildman–Crippen MR) is 131 cm³/mol. The number of hydrogen-bond acceptors (Lipinski definition) is 3. The summed E-state index contributed by atoms with van der Waals surface area (Å²) in [6, 6.07) is 14.0. The predicted octanol–water partition coefficient (Wildman–Crippen LogP) is 3.56. The molecule has 2 aromatic rings. The molecule has 2 N–H and O–H groups in total. The third kappa shape index (κ3) is 7.46. The van der Waals surface area contributed by atoms with Crippen LogP contribution in [0.25, 0.3) is 0 Å². The van der Waals surface area contributed by atoms with Crippen LogP contribution in [0.15, 0.2) is 53.5 Å². The highest BCUT2D eigenvalue weighted by Crippen LogP contribution is 2.15. The van der Waals surface area contributed by atoms with E-state index in [1.54, 1.807) is 19.2 Å². The molecule has 1 heterocycles. The monoisotopic (exact) mass is 540 g/mol. The highest BCUT2D eigenvalue weighted by molar-refractivity contribution is 14.0. The molecule has 0 saturated carbocycles. The summed E-state index contributed by atoms with van der Waals surface area (Å²) in [5.41, 5.74) is 2.69. The maximum absolute atomic E-state index is 13.0. The van der Waals surface area contributed by atoms with Gasteiger partial charge in [-0.1, -0.05) is 24.3 Å². The van der Waals surface area contributed by atoms with Gasteiger partial charge in [0.25, 0.3) is 5.91 Å². The fourth-order valence-electron chi connectivity index (χ4n) is 3.49. The topological polar surface area (TPSA) is 66.0 Å². The second-order valence-corrected chi connectivity index (χ2v) is 7.57. The van der Waals surface area contributed by atoms with Gasteiger partial charge in [-0.2, -0.15) is 0 Å². The van der Waals surface area contributed by atoms with Crippen LogP contribution in [0.5, 0.6) is 0 Å². The van der Waals surface area contributed by atoms with Gasteiger partial charge in [-0.25, -0.2) is 4.39 Å². The summed E-state index contributed by atoms with van der Waals surface area (Å²) >= 11 is 0. The van der Waals surface area contributed by atoms with Crippen molar-refractivity contribution in [3.63, 3.8) is 0 Å². The van der Waals surface area contributed by atoms with Crippen molar-refractivity contribution in [2.45, 2.75) is 39.1 Å². The zero-order valence-electron chi connectivity index (χ0n) is 18.1. The highest BCUT2D eigenvalue weighted by atomic mass is 127. The molecule has 31 heavy (non-hydrogen) atoms. The minimum absolute atomic E-state index is 0. The number of nitrogens with zero attached hydrogens (tertiary/aromatic N) is 2. The minimum atomic E-state index is -0.249. The molecule has 8 heteroatoms. The largest absolute Gasteiger partial charge is 0.372 e. The molecule has 3 rings (SSSR count). The Kier molecular flexibility index (Phi) is 9.70. The van der Waals surface area contributed by atoms with Crippen molar-refractivity contribution in [3.8, 4) is 0 Å². The Morgan fingerprint density at radius 3 is 1.97 bits per heavy atom. The Bertz CT molecular complexity index is 864. The highest BCUT2D eigenvalue weighted by Gasteiger charge is 2.26. The average Bonchev–Trinajstić information content (AvgIpc) is 2.74. The summed E-state index contributed by atoms with van der Waals surface area (Å²) in [6.45, 7) is 6.32. The second-order valence-electron chi connectivity index (χ2n) is 7.57. The van der Waals surface area contributed by atoms with Crippen LogP contribution in [0.2, 0.25) is 0 Å². The van der Waals surface area contributed by atoms with Crippen molar-refractivity contribution in [1.29, 1.82) is 0 Å². The summed E-state index contributed by atoms with van der Waals surface area (Å²) in [5.74, 6) is 0.435. The van der Waals surface area contributed by atoms with E-state index in [2.05, 4.69) is 15.6 Å². The van der Waals surface area contributed by atoms with E-state index in [0.717, 1.165) is 11.1 Å². The SMILES string of the molecule is CN=C(NCc1ccc(F)cc1)NCc1ccc(C(=O)N2CC(C)OC(C)C2)cc1.I. The minimum Gasteiger partial charge on any atom is -0.372 e. The molecule has 0 aliphatic carbocycles. The van der Waals surface area contributed by atoms with Crippen molar-refractivity contribution in [2.24, 2.45) is 4.99 Å². The van der Waals surface area contributed by atoms with Gasteiger partial charge in [0.05, 0.1) is 12.2 Å². The first kappa shape index (κ1) is 25.1. The van der Waals surface area contributed by atoms with Gasteiger partial charge in [0.2, 0.25) is 0 Å². The van der Waals surface area contributed by atoms with Crippen LogP contribution in [0, 0.1) is 5.82 Å². The number of carbonyl (C=O) groups excluding carboxylic acids is 1. The number of halogens is 2. The molecular formula is C23H30FIN4O2. The maximum atomic E-state index is 13.0. The second kappa shape index (κ2) is 12.0. The van der Waals surface area contributed by atoms with E-state index < -0.39 is 0 Å². The van der Waals surface area contributed by atoms with E-state index in [4.69, 9.17) is 4.74 Å². The molecule has 2 atom stereocenters. The van der Waals surface area contributed by atoms with Crippen LogP contribution in [0.1, 0.15) is 35.3 Å². The maximum Gasteiger partial charge on any atom is 0.254 e. The molecule has 0 spiro atoms. The third-order valence-corrected chi connectivity index (χ3v) is 4.96. The van der Waals surface area contributed by atoms with Gasteiger partial charge >= 0.3 is 0 Å². The van der Waals surface area contributed by atoms with Crippen LogP contribution in [0.4, 0.5) is 4.39 Å². The van der Waals surface area contributed by atoms with E-state index in [-0.39, 0.29) is 47.9 Å². The molecule has 0 radical (unpaired) electrons. The summed E-state index contributed by atoms with van der Waals surface area (Å²) in [6.07, 6.45) is 0.102. The number of morpholine rings is 1. The Hall–Kier alpha value is -2.20. The first-order valence-electron chi connectivity index (χ1n) is 10.2. The van der Waals surface area contributed by atoms with Crippen molar-refractivity contribution >= 4 is 35.8 Å². The lowest BCUT2D eigenvalue weighted by Gasteiger charge is -2.35. The van der Waals surface area contributed by atoms with Crippen molar-refractivity contribution < 1.29 is 13.9 Å². The first-order chi connectivity index (χ1) is 14.4. The average molecular weight is 540 g/mol. The van der Waals surface area contributed by atoms with E-state index in [9.17, 15) is 9.18 Å². The van der Waals surface area contributed by atoms with Gasteiger partial charge in [0.1, 0.15) is 5.82 Å². The quantitative estimate of drug-likeness (QED) is 0.346. The zero-order chi connectivity index (χ0) is 21.5. The molecule has 2 unspecified atom stereocenters. The number of carbonyl (C=O) groups is 1. The molecule has 6 nitrogen and oxygen atoms in total. The third-order valence-electron chi connectivity index (χ3n) is 4.96. The number of aliphatic imine (C=N–C) groups is 1. The Morgan fingerprint density at radius 1 is 1.00 bits per heavy atom. The van der Waals surface area contributed by atoms with E-state index in [1.165, 1.54) is 12.1 Å². The molecule has 1 amide bonds. The van der Waals surface area contributed by atoms with Gasteiger partial charge in [0.15, 0.2) is 5.96 Å². The standard InChI is InChI=1S/C23H29FN4O2.HI/c1-16-14-28(15-17(2)30-16)22(29)20-8-4-18(5-9-20)12-26-23(25-3)27-13-19-6-10-21(24)11-7-19;/h4-11,16-17H,12-15H2,1-3H3,(H2,25,26,27);1H. The van der Waals surface area contributed by atoms with Crippen LogP contribution in [0.3, 0.4) is 0 Å². The lowest BCUT2D eigenvalue weighted by molar-refractivity contribution is -0.0586. The van der Waals surface area contributed by atoms with Crippen LogP contribution < -0.4 is 10.6 Å². The first-order valence-corrected chi connectivity index (χ1v) is 10.2. The molecule has 1 aliphatic rings.